The maximum Gasteiger partial charge on any atom is 0.137 e. The van der Waals surface area contributed by atoms with Crippen LogP contribution in [0.2, 0.25) is 0 Å². The molecule has 4 nitrogen and oxygen atoms in total. The third-order valence-corrected chi connectivity index (χ3v) is 3.82. The third kappa shape index (κ3) is 2.35. The van der Waals surface area contributed by atoms with Crippen LogP contribution in [-0.4, -0.2) is 21.9 Å². The second-order valence-corrected chi connectivity index (χ2v) is 5.17. The SMILES string of the molecule is COc1ccc(Cc2nnc3n2C(C)CCC3)cc1. The molecule has 0 saturated carbocycles. The maximum atomic E-state index is 5.18. The summed E-state index contributed by atoms with van der Waals surface area (Å²) in [4.78, 5) is 0. The van der Waals surface area contributed by atoms with Crippen molar-refractivity contribution in [3.63, 3.8) is 0 Å². The van der Waals surface area contributed by atoms with E-state index in [1.165, 1.54) is 18.4 Å². The molecule has 1 atom stereocenters. The normalized spacial score (nSPS) is 18.1. The van der Waals surface area contributed by atoms with Crippen molar-refractivity contribution >= 4 is 0 Å². The second-order valence-electron chi connectivity index (χ2n) is 5.17. The summed E-state index contributed by atoms with van der Waals surface area (Å²) in [6.07, 6.45) is 4.34. The van der Waals surface area contributed by atoms with Crippen LogP contribution in [0.25, 0.3) is 0 Å². The van der Waals surface area contributed by atoms with E-state index in [-0.39, 0.29) is 0 Å². The third-order valence-electron chi connectivity index (χ3n) is 3.82. The Balaban J connectivity index is 1.85. The molecule has 0 N–H and O–H groups in total. The summed E-state index contributed by atoms with van der Waals surface area (Å²) in [5, 5.41) is 8.69. The Bertz CT molecular complexity index is 559. The minimum atomic E-state index is 0.520. The lowest BCUT2D eigenvalue weighted by atomic mass is 10.0. The molecule has 1 unspecified atom stereocenters. The van der Waals surface area contributed by atoms with Gasteiger partial charge in [-0.2, -0.15) is 0 Å². The maximum absolute atomic E-state index is 5.18. The van der Waals surface area contributed by atoms with E-state index in [1.54, 1.807) is 7.11 Å². The van der Waals surface area contributed by atoms with E-state index >= 15 is 0 Å². The number of nitrogens with zero attached hydrogens (tertiary/aromatic N) is 3. The standard InChI is InChI=1S/C15H19N3O/c1-11-4-3-5-14-16-17-15(18(11)14)10-12-6-8-13(19-2)9-7-12/h6-9,11H,3-5,10H2,1-2H3. The summed E-state index contributed by atoms with van der Waals surface area (Å²) in [5.41, 5.74) is 1.24. The van der Waals surface area contributed by atoms with Gasteiger partial charge in [0.1, 0.15) is 17.4 Å². The monoisotopic (exact) mass is 257 g/mol. The van der Waals surface area contributed by atoms with Gasteiger partial charge in [-0.25, -0.2) is 0 Å². The highest BCUT2D eigenvalue weighted by Crippen LogP contribution is 2.25. The highest BCUT2D eigenvalue weighted by atomic mass is 16.5. The van der Waals surface area contributed by atoms with Crippen LogP contribution in [0, 0.1) is 0 Å². The molecule has 0 amide bonds. The van der Waals surface area contributed by atoms with E-state index in [1.807, 2.05) is 12.1 Å². The summed E-state index contributed by atoms with van der Waals surface area (Å²) in [7, 11) is 1.69. The second kappa shape index (κ2) is 5.03. The fraction of sp³-hybridized carbons (Fsp3) is 0.467. The highest BCUT2D eigenvalue weighted by Gasteiger charge is 2.21. The number of aryl methyl sites for hydroxylation is 1. The van der Waals surface area contributed by atoms with Crippen LogP contribution in [0.1, 0.15) is 43.0 Å². The lowest BCUT2D eigenvalue weighted by molar-refractivity contribution is 0.413. The fourth-order valence-electron chi connectivity index (χ4n) is 2.77. The Hall–Kier alpha value is -1.84. The average molecular weight is 257 g/mol. The number of hydrogen-bond acceptors (Lipinski definition) is 3. The zero-order valence-corrected chi connectivity index (χ0v) is 11.5. The van der Waals surface area contributed by atoms with Gasteiger partial charge in [-0.15, -0.1) is 10.2 Å². The van der Waals surface area contributed by atoms with Crippen LogP contribution in [0.3, 0.4) is 0 Å². The topological polar surface area (TPSA) is 39.9 Å². The smallest absolute Gasteiger partial charge is 0.137 e. The van der Waals surface area contributed by atoms with Gasteiger partial charge < -0.3 is 9.30 Å². The number of methoxy groups -OCH3 is 1. The quantitative estimate of drug-likeness (QED) is 0.849. The van der Waals surface area contributed by atoms with E-state index in [2.05, 4.69) is 33.8 Å². The Kier molecular flexibility index (Phi) is 3.23. The molecule has 100 valence electrons. The van der Waals surface area contributed by atoms with Crippen molar-refractivity contribution in [3.8, 4) is 5.75 Å². The van der Waals surface area contributed by atoms with Crippen molar-refractivity contribution in [1.29, 1.82) is 0 Å². The fourth-order valence-corrected chi connectivity index (χ4v) is 2.77. The number of rotatable bonds is 3. The van der Waals surface area contributed by atoms with Gasteiger partial charge in [0.25, 0.3) is 0 Å². The highest BCUT2D eigenvalue weighted by molar-refractivity contribution is 5.29. The van der Waals surface area contributed by atoms with E-state index < -0.39 is 0 Å². The van der Waals surface area contributed by atoms with E-state index in [4.69, 9.17) is 4.74 Å². The molecular weight excluding hydrogens is 238 g/mol. The molecule has 19 heavy (non-hydrogen) atoms. The number of ether oxygens (including phenoxy) is 1. The molecule has 1 aromatic carbocycles. The first kappa shape index (κ1) is 12.2. The molecule has 0 fully saturated rings. The summed E-state index contributed by atoms with van der Waals surface area (Å²) >= 11 is 0. The van der Waals surface area contributed by atoms with Crippen LogP contribution < -0.4 is 4.74 Å². The van der Waals surface area contributed by atoms with Crippen molar-refractivity contribution in [3.05, 3.63) is 41.5 Å². The van der Waals surface area contributed by atoms with Gasteiger partial charge in [0, 0.05) is 18.9 Å². The predicted molar refractivity (Wildman–Crippen MR) is 73.5 cm³/mol. The van der Waals surface area contributed by atoms with Crippen molar-refractivity contribution in [1.82, 2.24) is 14.8 Å². The molecule has 0 spiro atoms. The molecular formula is C15H19N3O. The van der Waals surface area contributed by atoms with Crippen LogP contribution >= 0.6 is 0 Å². The molecule has 0 radical (unpaired) electrons. The molecule has 0 saturated heterocycles. The Morgan fingerprint density at radius 2 is 2.05 bits per heavy atom. The molecule has 3 rings (SSSR count). The minimum Gasteiger partial charge on any atom is -0.497 e. The molecule has 2 heterocycles. The molecule has 2 aromatic rings. The van der Waals surface area contributed by atoms with Gasteiger partial charge in [0.2, 0.25) is 0 Å². The van der Waals surface area contributed by atoms with Crippen LogP contribution in [0.5, 0.6) is 5.75 Å². The van der Waals surface area contributed by atoms with Crippen molar-refractivity contribution in [2.45, 2.75) is 38.6 Å². The van der Waals surface area contributed by atoms with E-state index in [9.17, 15) is 0 Å². The number of aromatic nitrogens is 3. The van der Waals surface area contributed by atoms with Gasteiger partial charge in [-0.1, -0.05) is 12.1 Å². The first-order chi connectivity index (χ1) is 9.28. The minimum absolute atomic E-state index is 0.520. The number of hydrogen-bond donors (Lipinski definition) is 0. The average Bonchev–Trinajstić information content (AvgIpc) is 2.84. The first-order valence-electron chi connectivity index (χ1n) is 6.83. The molecule has 0 aliphatic carbocycles. The van der Waals surface area contributed by atoms with E-state index in [0.717, 1.165) is 30.2 Å². The molecule has 1 aromatic heterocycles. The van der Waals surface area contributed by atoms with Gasteiger partial charge in [-0.3, -0.25) is 0 Å². The van der Waals surface area contributed by atoms with Gasteiger partial charge >= 0.3 is 0 Å². The Morgan fingerprint density at radius 1 is 1.26 bits per heavy atom. The lowest BCUT2D eigenvalue weighted by Crippen LogP contribution is -2.17. The largest absolute Gasteiger partial charge is 0.497 e. The lowest BCUT2D eigenvalue weighted by Gasteiger charge is -2.22. The van der Waals surface area contributed by atoms with Gasteiger partial charge in [-0.05, 0) is 37.5 Å². The summed E-state index contributed by atoms with van der Waals surface area (Å²) in [6.45, 7) is 2.25. The van der Waals surface area contributed by atoms with Crippen molar-refractivity contribution < 1.29 is 4.74 Å². The first-order valence-corrected chi connectivity index (χ1v) is 6.83. The van der Waals surface area contributed by atoms with Gasteiger partial charge in [0.15, 0.2) is 0 Å². The Morgan fingerprint density at radius 3 is 2.79 bits per heavy atom. The summed E-state index contributed by atoms with van der Waals surface area (Å²) < 4.78 is 7.49. The van der Waals surface area contributed by atoms with Crippen molar-refractivity contribution in [2.75, 3.05) is 7.11 Å². The summed E-state index contributed by atoms with van der Waals surface area (Å²) in [5.74, 6) is 3.11. The summed E-state index contributed by atoms with van der Waals surface area (Å²) in [6, 6.07) is 8.69. The van der Waals surface area contributed by atoms with E-state index in [0.29, 0.717) is 6.04 Å². The molecule has 1 aliphatic heterocycles. The molecule has 1 aliphatic rings. The number of fused-ring (bicyclic) bond motifs is 1. The molecule has 0 bridgehead atoms. The zero-order chi connectivity index (χ0) is 13.2. The van der Waals surface area contributed by atoms with Crippen LogP contribution in [0.4, 0.5) is 0 Å². The van der Waals surface area contributed by atoms with Crippen molar-refractivity contribution in [2.24, 2.45) is 0 Å². The van der Waals surface area contributed by atoms with Crippen LogP contribution in [0.15, 0.2) is 24.3 Å². The zero-order valence-electron chi connectivity index (χ0n) is 11.5. The predicted octanol–water partition coefficient (Wildman–Crippen LogP) is 2.77. The number of benzene rings is 1. The van der Waals surface area contributed by atoms with Crippen LogP contribution in [-0.2, 0) is 12.8 Å². The Labute approximate surface area is 113 Å². The molecule has 4 heteroatoms. The van der Waals surface area contributed by atoms with Gasteiger partial charge in [0.05, 0.1) is 7.11 Å².